The van der Waals surface area contributed by atoms with Crippen LogP contribution in [0.15, 0.2) is 66.9 Å². The molecule has 0 bridgehead atoms. The molecule has 0 saturated carbocycles. The number of aromatic amines is 1. The minimum atomic E-state index is -0.445. The lowest BCUT2D eigenvalue weighted by molar-refractivity contribution is 0.0882. The summed E-state index contributed by atoms with van der Waals surface area (Å²) >= 11 is 0. The molecule has 4 nitrogen and oxygen atoms in total. The van der Waals surface area contributed by atoms with Gasteiger partial charge < -0.3 is 14.5 Å². The first-order valence-electron chi connectivity index (χ1n) is 10.3. The van der Waals surface area contributed by atoms with Crippen molar-refractivity contribution in [2.75, 3.05) is 13.2 Å². The van der Waals surface area contributed by atoms with Crippen LogP contribution in [0.3, 0.4) is 0 Å². The van der Waals surface area contributed by atoms with Crippen molar-refractivity contribution in [3.05, 3.63) is 101 Å². The molecular weight excluding hydrogens is 412 g/mol. The SMILES string of the molecule is Cc1c(F)ccc2c(C(=O)Cc3ccc(F)cc3OCCOCc3ccccc3)c[nH]c12. The third kappa shape index (κ3) is 4.86. The molecule has 0 radical (unpaired) electrons. The van der Waals surface area contributed by atoms with Gasteiger partial charge in [-0.2, -0.15) is 0 Å². The maximum atomic E-state index is 13.8. The van der Waals surface area contributed by atoms with Crippen LogP contribution < -0.4 is 4.74 Å². The van der Waals surface area contributed by atoms with Crippen molar-refractivity contribution < 1.29 is 23.0 Å². The Morgan fingerprint density at radius 3 is 2.62 bits per heavy atom. The van der Waals surface area contributed by atoms with Crippen molar-refractivity contribution in [3.63, 3.8) is 0 Å². The standard InChI is InChI=1S/C26H23F2NO3/c1-17-23(28)10-9-21-22(15-29-26(17)21)24(30)13-19-7-8-20(27)14-25(19)32-12-11-31-16-18-5-3-2-4-6-18/h2-10,14-15,29H,11-13,16H2,1H3. The number of rotatable bonds is 9. The van der Waals surface area contributed by atoms with Gasteiger partial charge in [-0.1, -0.05) is 36.4 Å². The quantitative estimate of drug-likeness (QED) is 0.268. The number of nitrogens with one attached hydrogen (secondary N) is 1. The molecule has 4 rings (SSSR count). The molecule has 164 valence electrons. The van der Waals surface area contributed by atoms with Gasteiger partial charge in [-0.3, -0.25) is 4.79 Å². The smallest absolute Gasteiger partial charge is 0.169 e. The average molecular weight is 435 g/mol. The first kappa shape index (κ1) is 21.7. The molecule has 1 N–H and O–H groups in total. The van der Waals surface area contributed by atoms with E-state index in [1.165, 1.54) is 18.2 Å². The van der Waals surface area contributed by atoms with Gasteiger partial charge in [0.15, 0.2) is 5.78 Å². The molecule has 0 aliphatic rings. The molecule has 0 atom stereocenters. The Hall–Kier alpha value is -3.51. The number of ketones is 1. The predicted molar refractivity (Wildman–Crippen MR) is 119 cm³/mol. The molecule has 0 saturated heterocycles. The largest absolute Gasteiger partial charge is 0.491 e. The van der Waals surface area contributed by atoms with Gasteiger partial charge in [-0.25, -0.2) is 8.78 Å². The minimum Gasteiger partial charge on any atom is -0.491 e. The van der Waals surface area contributed by atoms with Crippen LogP contribution in [0.4, 0.5) is 8.78 Å². The summed E-state index contributed by atoms with van der Waals surface area (Å²) in [5.41, 5.74) is 3.15. The van der Waals surface area contributed by atoms with Gasteiger partial charge >= 0.3 is 0 Å². The summed E-state index contributed by atoms with van der Waals surface area (Å²) in [5.74, 6) is -0.635. The van der Waals surface area contributed by atoms with E-state index >= 15 is 0 Å². The zero-order valence-corrected chi connectivity index (χ0v) is 17.7. The molecule has 0 aliphatic carbocycles. The summed E-state index contributed by atoms with van der Waals surface area (Å²) in [6, 6.07) is 16.8. The number of benzene rings is 3. The highest BCUT2D eigenvalue weighted by molar-refractivity contribution is 6.09. The molecule has 0 unspecified atom stereocenters. The van der Waals surface area contributed by atoms with Crippen LogP contribution in [0.25, 0.3) is 10.9 Å². The van der Waals surface area contributed by atoms with Crippen LogP contribution in [0.5, 0.6) is 5.75 Å². The Kier molecular flexibility index (Phi) is 6.61. The Bertz CT molecular complexity index is 1230. The van der Waals surface area contributed by atoms with Gasteiger partial charge in [0.25, 0.3) is 0 Å². The van der Waals surface area contributed by atoms with Gasteiger partial charge in [0, 0.05) is 40.8 Å². The van der Waals surface area contributed by atoms with E-state index in [9.17, 15) is 13.6 Å². The number of aromatic nitrogens is 1. The van der Waals surface area contributed by atoms with E-state index in [4.69, 9.17) is 9.47 Å². The highest BCUT2D eigenvalue weighted by Crippen LogP contribution is 2.27. The van der Waals surface area contributed by atoms with Gasteiger partial charge in [0.1, 0.15) is 24.0 Å². The number of ether oxygens (including phenoxy) is 2. The van der Waals surface area contributed by atoms with Gasteiger partial charge in [0.05, 0.1) is 18.7 Å². The van der Waals surface area contributed by atoms with Gasteiger partial charge in [-0.15, -0.1) is 0 Å². The van der Waals surface area contributed by atoms with Crippen molar-refractivity contribution in [3.8, 4) is 5.75 Å². The second-order valence-corrected chi connectivity index (χ2v) is 7.54. The number of aryl methyl sites for hydroxylation is 1. The topological polar surface area (TPSA) is 51.3 Å². The lowest BCUT2D eigenvalue weighted by Gasteiger charge is -2.12. The minimum absolute atomic E-state index is 0.0316. The maximum Gasteiger partial charge on any atom is 0.169 e. The van der Waals surface area contributed by atoms with Crippen LogP contribution in [0, 0.1) is 18.6 Å². The second kappa shape index (κ2) is 9.75. The Balaban J connectivity index is 1.42. The summed E-state index contributed by atoms with van der Waals surface area (Å²) < 4.78 is 38.9. The summed E-state index contributed by atoms with van der Waals surface area (Å²) in [5, 5.41) is 0.660. The van der Waals surface area contributed by atoms with E-state index in [1.54, 1.807) is 25.3 Å². The fraction of sp³-hybridized carbons (Fsp3) is 0.192. The number of carbonyl (C=O) groups is 1. The molecular formula is C26H23F2NO3. The molecule has 0 spiro atoms. The third-order valence-electron chi connectivity index (χ3n) is 5.33. The Morgan fingerprint density at radius 1 is 1.00 bits per heavy atom. The summed E-state index contributed by atoms with van der Waals surface area (Å²) in [6.45, 7) is 2.67. The van der Waals surface area contributed by atoms with E-state index in [1.807, 2.05) is 30.3 Å². The van der Waals surface area contributed by atoms with Gasteiger partial charge in [-0.05, 0) is 30.7 Å². The van der Waals surface area contributed by atoms with E-state index in [-0.39, 0.29) is 24.6 Å². The van der Waals surface area contributed by atoms with Crippen molar-refractivity contribution in [1.29, 1.82) is 0 Å². The van der Waals surface area contributed by atoms with Crippen molar-refractivity contribution in [2.45, 2.75) is 20.0 Å². The zero-order valence-electron chi connectivity index (χ0n) is 17.7. The monoisotopic (exact) mass is 435 g/mol. The maximum absolute atomic E-state index is 13.8. The molecule has 1 aromatic heterocycles. The Labute approximate surface area is 184 Å². The summed E-state index contributed by atoms with van der Waals surface area (Å²) in [4.78, 5) is 15.9. The Morgan fingerprint density at radius 2 is 1.81 bits per heavy atom. The fourth-order valence-electron chi connectivity index (χ4n) is 3.60. The first-order valence-corrected chi connectivity index (χ1v) is 10.3. The van der Waals surface area contributed by atoms with Crippen molar-refractivity contribution >= 4 is 16.7 Å². The lowest BCUT2D eigenvalue weighted by Crippen LogP contribution is -2.10. The number of carbonyl (C=O) groups excluding carboxylic acids is 1. The molecule has 3 aromatic carbocycles. The number of hydrogen-bond acceptors (Lipinski definition) is 3. The number of fused-ring (bicyclic) bond motifs is 1. The summed E-state index contributed by atoms with van der Waals surface area (Å²) in [6.07, 6.45) is 1.62. The average Bonchev–Trinajstić information content (AvgIpc) is 3.23. The normalized spacial score (nSPS) is 11.1. The number of halogens is 2. The van der Waals surface area contributed by atoms with Gasteiger partial charge in [0.2, 0.25) is 0 Å². The van der Waals surface area contributed by atoms with Crippen LogP contribution in [0.1, 0.15) is 27.0 Å². The fourth-order valence-corrected chi connectivity index (χ4v) is 3.60. The third-order valence-corrected chi connectivity index (χ3v) is 5.33. The molecule has 1 heterocycles. The van der Waals surface area contributed by atoms with E-state index in [2.05, 4.69) is 4.98 Å². The second-order valence-electron chi connectivity index (χ2n) is 7.54. The van der Waals surface area contributed by atoms with Crippen molar-refractivity contribution in [2.24, 2.45) is 0 Å². The van der Waals surface area contributed by atoms with Crippen molar-refractivity contribution in [1.82, 2.24) is 4.98 Å². The molecule has 0 fully saturated rings. The molecule has 32 heavy (non-hydrogen) atoms. The zero-order chi connectivity index (χ0) is 22.5. The lowest BCUT2D eigenvalue weighted by atomic mass is 10.0. The first-order chi connectivity index (χ1) is 15.5. The molecule has 6 heteroatoms. The van der Waals surface area contributed by atoms with E-state index < -0.39 is 5.82 Å². The van der Waals surface area contributed by atoms with Crippen LogP contribution >= 0.6 is 0 Å². The highest BCUT2D eigenvalue weighted by atomic mass is 19.1. The predicted octanol–water partition coefficient (Wildman–Crippen LogP) is 5.78. The van der Waals surface area contributed by atoms with Crippen LogP contribution in [-0.2, 0) is 17.8 Å². The summed E-state index contributed by atoms with van der Waals surface area (Å²) in [7, 11) is 0. The number of Topliss-reactive ketones (excluding diaryl/α,β-unsaturated/α-hetero) is 1. The van der Waals surface area contributed by atoms with E-state index in [0.717, 1.165) is 5.56 Å². The highest BCUT2D eigenvalue weighted by Gasteiger charge is 2.17. The molecule has 4 aromatic rings. The number of H-pyrrole nitrogens is 1. The van der Waals surface area contributed by atoms with E-state index in [0.29, 0.717) is 46.6 Å². The molecule has 0 aliphatic heterocycles. The van der Waals surface area contributed by atoms with Crippen LogP contribution in [-0.4, -0.2) is 24.0 Å². The van der Waals surface area contributed by atoms with Crippen LogP contribution in [0.2, 0.25) is 0 Å². The molecule has 0 amide bonds. The number of hydrogen-bond donors (Lipinski definition) is 1.